The van der Waals surface area contributed by atoms with Crippen LogP contribution < -0.4 is 20.5 Å². The Bertz CT molecular complexity index is 1520. The summed E-state index contributed by atoms with van der Waals surface area (Å²) >= 11 is 6.36. The molecule has 1 aliphatic heterocycles. The molecule has 3 heterocycles. The summed E-state index contributed by atoms with van der Waals surface area (Å²) in [6.45, 7) is 9.24. The van der Waals surface area contributed by atoms with E-state index in [2.05, 4.69) is 20.2 Å². The number of pyridine rings is 2. The van der Waals surface area contributed by atoms with Gasteiger partial charge in [0.15, 0.2) is 0 Å². The predicted octanol–water partition coefficient (Wildman–Crippen LogP) is 6.06. The molecular formula is C29H32ClF4N5O3. The first-order chi connectivity index (χ1) is 19.6. The van der Waals surface area contributed by atoms with E-state index in [9.17, 15) is 22.8 Å². The molecule has 13 heteroatoms. The van der Waals surface area contributed by atoms with Crippen molar-refractivity contribution in [3.05, 3.63) is 69.0 Å². The zero-order chi connectivity index (χ0) is 30.9. The summed E-state index contributed by atoms with van der Waals surface area (Å²) in [5.74, 6) is -1.37. The quantitative estimate of drug-likeness (QED) is 0.316. The largest absolute Gasteiger partial charge is 0.476 e. The van der Waals surface area contributed by atoms with Crippen molar-refractivity contribution >= 4 is 28.9 Å². The van der Waals surface area contributed by atoms with Gasteiger partial charge in [0.25, 0.3) is 5.91 Å². The van der Waals surface area contributed by atoms with Crippen molar-refractivity contribution in [2.24, 2.45) is 5.92 Å². The van der Waals surface area contributed by atoms with Crippen LogP contribution in [-0.4, -0.2) is 59.6 Å². The molecule has 8 nitrogen and oxygen atoms in total. The molecule has 1 aromatic carbocycles. The van der Waals surface area contributed by atoms with Gasteiger partial charge in [0, 0.05) is 54.8 Å². The van der Waals surface area contributed by atoms with Crippen molar-refractivity contribution in [3.8, 4) is 17.0 Å². The maximum atomic E-state index is 15.7. The molecule has 4 rings (SSSR count). The summed E-state index contributed by atoms with van der Waals surface area (Å²) in [5.41, 5.74) is -2.50. The Balaban J connectivity index is 1.79. The minimum absolute atomic E-state index is 0.0200. The highest BCUT2D eigenvalue weighted by molar-refractivity contribution is 6.32. The van der Waals surface area contributed by atoms with Gasteiger partial charge in [-0.1, -0.05) is 25.4 Å². The topological polar surface area (TPSA) is 90.6 Å². The number of halogens is 5. The van der Waals surface area contributed by atoms with Crippen LogP contribution in [0.3, 0.4) is 0 Å². The van der Waals surface area contributed by atoms with Crippen molar-refractivity contribution in [3.63, 3.8) is 0 Å². The van der Waals surface area contributed by atoms with E-state index in [-0.39, 0.29) is 45.7 Å². The van der Waals surface area contributed by atoms with Crippen LogP contribution in [0, 0.1) is 11.7 Å². The summed E-state index contributed by atoms with van der Waals surface area (Å²) in [6.07, 6.45) is -2.87. The normalized spacial score (nSPS) is 17.9. The molecule has 0 bridgehead atoms. The van der Waals surface area contributed by atoms with Crippen molar-refractivity contribution < 1.29 is 27.1 Å². The van der Waals surface area contributed by atoms with Crippen molar-refractivity contribution in [1.82, 2.24) is 14.9 Å². The molecule has 3 aromatic rings. The van der Waals surface area contributed by atoms with Gasteiger partial charge in [-0.05, 0) is 45.0 Å². The van der Waals surface area contributed by atoms with Gasteiger partial charge in [0.2, 0.25) is 11.4 Å². The fourth-order valence-electron chi connectivity index (χ4n) is 4.75. The average Bonchev–Trinajstić information content (AvgIpc) is 2.90. The number of likely N-dealkylation sites (N-methyl/N-ethyl adjacent to an activating group) is 1. The number of ether oxygens (including phenoxy) is 1. The van der Waals surface area contributed by atoms with Gasteiger partial charge in [-0.2, -0.15) is 13.2 Å². The highest BCUT2D eigenvalue weighted by Gasteiger charge is 2.36. The maximum Gasteiger partial charge on any atom is 0.417 e. The number of amides is 1. The van der Waals surface area contributed by atoms with E-state index >= 15 is 4.39 Å². The predicted molar refractivity (Wildman–Crippen MR) is 154 cm³/mol. The van der Waals surface area contributed by atoms with Crippen LogP contribution in [0.1, 0.15) is 43.6 Å². The number of nitrogens with zero attached hydrogens (tertiary/aromatic N) is 3. The van der Waals surface area contributed by atoms with E-state index < -0.39 is 34.6 Å². The fourth-order valence-corrected chi connectivity index (χ4v) is 4.98. The summed E-state index contributed by atoms with van der Waals surface area (Å²) in [5, 5.41) is 2.68. The lowest BCUT2D eigenvalue weighted by Crippen LogP contribution is -2.55. The Morgan fingerprint density at radius 3 is 2.45 bits per heavy atom. The Kier molecular flexibility index (Phi) is 9.17. The molecule has 0 unspecified atom stereocenters. The monoisotopic (exact) mass is 609 g/mol. The lowest BCUT2D eigenvalue weighted by Gasteiger charge is -2.44. The van der Waals surface area contributed by atoms with Crippen LogP contribution in [0.5, 0.6) is 5.88 Å². The number of nitrogens with one attached hydrogen (secondary N) is 2. The van der Waals surface area contributed by atoms with Crippen LogP contribution in [0.2, 0.25) is 5.02 Å². The number of piperazine rings is 1. The van der Waals surface area contributed by atoms with Crippen LogP contribution >= 0.6 is 11.6 Å². The second-order valence-corrected chi connectivity index (χ2v) is 11.3. The number of carbonyl (C=O) groups is 1. The van der Waals surface area contributed by atoms with Gasteiger partial charge in [0.1, 0.15) is 10.8 Å². The third-order valence-electron chi connectivity index (χ3n) is 7.18. The Morgan fingerprint density at radius 2 is 1.86 bits per heavy atom. The Morgan fingerprint density at radius 1 is 1.19 bits per heavy atom. The number of alkyl halides is 3. The number of aromatic amines is 1. The first kappa shape index (κ1) is 31.3. The van der Waals surface area contributed by atoms with Crippen molar-refractivity contribution in [1.29, 1.82) is 0 Å². The molecule has 2 aromatic heterocycles. The third-order valence-corrected chi connectivity index (χ3v) is 7.45. The van der Waals surface area contributed by atoms with Gasteiger partial charge in [-0.3, -0.25) is 14.5 Å². The molecule has 2 atom stereocenters. The lowest BCUT2D eigenvalue weighted by atomic mass is 10.0. The highest BCUT2D eigenvalue weighted by Crippen LogP contribution is 2.38. The second-order valence-electron chi connectivity index (χ2n) is 10.9. The van der Waals surface area contributed by atoms with E-state index in [0.29, 0.717) is 37.6 Å². The standard InChI is InChI=1S/C29H32ClF4N5O3/c1-15(2)14-42-28-22(30)6-18(10-36-28)19-7-24(25(9-23(19)31)39-12-16(3)38(5)17(4)13-39)37-27(41)20-11-35-26(40)8-21(20)29(32,33)34/h6-11,15-17H,12-14H2,1-5H3,(H,35,40)(H,37,41)/t16-,17+. The van der Waals surface area contributed by atoms with Gasteiger partial charge in [-0.25, -0.2) is 9.37 Å². The summed E-state index contributed by atoms with van der Waals surface area (Å²) < 4.78 is 62.4. The third kappa shape index (κ3) is 6.87. The molecule has 42 heavy (non-hydrogen) atoms. The number of anilines is 2. The molecule has 226 valence electrons. The molecule has 1 aliphatic rings. The number of hydrogen-bond donors (Lipinski definition) is 2. The van der Waals surface area contributed by atoms with Crippen molar-refractivity contribution in [2.75, 3.05) is 37.0 Å². The molecular weight excluding hydrogens is 578 g/mol. The number of benzene rings is 1. The molecule has 0 saturated carbocycles. The summed E-state index contributed by atoms with van der Waals surface area (Å²) in [4.78, 5) is 35.3. The SMILES string of the molecule is CC(C)COc1ncc(-c2cc(NC(=O)c3c[nH]c(=O)cc3C(F)(F)F)c(N3C[C@@H](C)N(C)[C@@H](C)C3)cc2F)cc1Cl. The average molecular weight is 610 g/mol. The fraction of sp³-hybridized carbons (Fsp3) is 0.414. The van der Waals surface area contributed by atoms with E-state index in [1.54, 1.807) is 0 Å². The first-order valence-electron chi connectivity index (χ1n) is 13.4. The van der Waals surface area contributed by atoms with E-state index in [4.69, 9.17) is 16.3 Å². The molecule has 1 saturated heterocycles. The second kappa shape index (κ2) is 12.3. The molecule has 2 N–H and O–H groups in total. The minimum Gasteiger partial charge on any atom is -0.476 e. The Hall–Kier alpha value is -3.64. The number of aromatic nitrogens is 2. The number of H-pyrrole nitrogens is 1. The zero-order valence-corrected chi connectivity index (χ0v) is 24.5. The molecule has 0 spiro atoms. The summed E-state index contributed by atoms with van der Waals surface area (Å²) in [7, 11) is 1.97. The molecule has 1 amide bonds. The highest BCUT2D eigenvalue weighted by atomic mass is 35.5. The van der Waals surface area contributed by atoms with Crippen LogP contribution in [-0.2, 0) is 6.18 Å². The van der Waals surface area contributed by atoms with Crippen LogP contribution in [0.4, 0.5) is 28.9 Å². The van der Waals surface area contributed by atoms with E-state index in [1.807, 2.05) is 39.6 Å². The van der Waals surface area contributed by atoms with Crippen molar-refractivity contribution in [2.45, 2.75) is 46.0 Å². The van der Waals surface area contributed by atoms with Crippen LogP contribution in [0.15, 0.2) is 41.5 Å². The van der Waals surface area contributed by atoms with Crippen LogP contribution in [0.25, 0.3) is 11.1 Å². The van der Waals surface area contributed by atoms with Gasteiger partial charge in [0.05, 0.1) is 29.1 Å². The zero-order valence-electron chi connectivity index (χ0n) is 23.8. The Labute approximate surface area is 245 Å². The first-order valence-corrected chi connectivity index (χ1v) is 13.7. The van der Waals surface area contributed by atoms with E-state index in [0.717, 1.165) is 0 Å². The molecule has 1 fully saturated rings. The number of hydrogen-bond acceptors (Lipinski definition) is 6. The number of rotatable bonds is 7. The summed E-state index contributed by atoms with van der Waals surface area (Å²) in [6, 6.07) is 4.51. The lowest BCUT2D eigenvalue weighted by molar-refractivity contribution is -0.138. The maximum absolute atomic E-state index is 15.7. The van der Waals surface area contributed by atoms with Gasteiger partial charge in [-0.15, -0.1) is 0 Å². The van der Waals surface area contributed by atoms with Gasteiger partial charge >= 0.3 is 6.18 Å². The molecule has 0 radical (unpaired) electrons. The van der Waals surface area contributed by atoms with E-state index in [1.165, 1.54) is 24.4 Å². The minimum atomic E-state index is -4.96. The number of carbonyl (C=O) groups excluding carboxylic acids is 1. The molecule has 0 aliphatic carbocycles. The smallest absolute Gasteiger partial charge is 0.417 e. The van der Waals surface area contributed by atoms with Gasteiger partial charge < -0.3 is 19.9 Å².